The fraction of sp³-hybridized carbons (Fsp3) is 0. The molecule has 2 nitrogen and oxygen atoms in total. The van der Waals surface area contributed by atoms with E-state index in [1.54, 1.807) is 6.08 Å². The lowest BCUT2D eigenvalue weighted by molar-refractivity contribution is -0.131. The Bertz CT molecular complexity index is 408. The lowest BCUT2D eigenvalue weighted by atomic mass is 10.2. The molecule has 0 aromatic heterocycles. The SMILES string of the molecule is O=C(O)C(I)=C(I)C=Cc1ccccc1. The van der Waals surface area contributed by atoms with Gasteiger partial charge >= 0.3 is 5.97 Å². The number of rotatable bonds is 3. The van der Waals surface area contributed by atoms with Gasteiger partial charge in [0.1, 0.15) is 3.58 Å². The monoisotopic (exact) mass is 426 g/mol. The van der Waals surface area contributed by atoms with Crippen molar-refractivity contribution in [3.63, 3.8) is 0 Å². The zero-order valence-electron chi connectivity index (χ0n) is 7.65. The lowest BCUT2D eigenvalue weighted by Gasteiger charge is -1.94. The third kappa shape index (κ3) is 4.33. The quantitative estimate of drug-likeness (QED) is 0.453. The number of hydrogen-bond acceptors (Lipinski definition) is 1. The van der Waals surface area contributed by atoms with Crippen molar-refractivity contribution in [2.24, 2.45) is 0 Å². The topological polar surface area (TPSA) is 37.3 Å². The Labute approximate surface area is 115 Å². The van der Waals surface area contributed by atoms with Crippen LogP contribution in [0.4, 0.5) is 0 Å². The molecular weight excluding hydrogens is 418 g/mol. The third-order valence-corrected chi connectivity index (χ3v) is 4.59. The zero-order chi connectivity index (χ0) is 11.3. The summed E-state index contributed by atoms with van der Waals surface area (Å²) < 4.78 is 1.06. The van der Waals surface area contributed by atoms with Crippen molar-refractivity contribution in [1.82, 2.24) is 0 Å². The third-order valence-electron chi connectivity index (χ3n) is 1.62. The van der Waals surface area contributed by atoms with E-state index in [1.165, 1.54) is 0 Å². The van der Waals surface area contributed by atoms with Crippen molar-refractivity contribution in [2.45, 2.75) is 0 Å². The summed E-state index contributed by atoms with van der Waals surface area (Å²) >= 11 is 3.84. The summed E-state index contributed by atoms with van der Waals surface area (Å²) in [5.74, 6) is -0.891. The van der Waals surface area contributed by atoms with Gasteiger partial charge in [0.05, 0.1) is 0 Å². The first kappa shape index (κ1) is 12.7. The van der Waals surface area contributed by atoms with Crippen LogP contribution in [-0.4, -0.2) is 11.1 Å². The first-order chi connectivity index (χ1) is 7.11. The van der Waals surface area contributed by atoms with E-state index in [4.69, 9.17) is 5.11 Å². The Balaban J connectivity index is 2.83. The van der Waals surface area contributed by atoms with Crippen molar-refractivity contribution >= 4 is 57.2 Å². The molecule has 0 aliphatic carbocycles. The summed E-state index contributed by atoms with van der Waals surface area (Å²) in [7, 11) is 0. The molecule has 1 aromatic carbocycles. The molecule has 0 aliphatic rings. The van der Waals surface area contributed by atoms with Crippen molar-refractivity contribution in [3.8, 4) is 0 Å². The largest absolute Gasteiger partial charge is 0.477 e. The maximum atomic E-state index is 10.6. The fourth-order valence-corrected chi connectivity index (χ4v) is 1.50. The minimum absolute atomic E-state index is 0.334. The lowest BCUT2D eigenvalue weighted by Crippen LogP contribution is -1.93. The van der Waals surface area contributed by atoms with Crippen LogP contribution >= 0.6 is 45.2 Å². The summed E-state index contributed by atoms with van der Waals surface area (Å²) in [5.41, 5.74) is 1.06. The highest BCUT2D eigenvalue weighted by Crippen LogP contribution is 2.21. The van der Waals surface area contributed by atoms with E-state index < -0.39 is 5.97 Å². The molecule has 0 atom stereocenters. The molecule has 0 heterocycles. The first-order valence-electron chi connectivity index (χ1n) is 4.13. The smallest absolute Gasteiger partial charge is 0.343 e. The highest BCUT2D eigenvalue weighted by molar-refractivity contribution is 14.1. The van der Waals surface area contributed by atoms with E-state index in [2.05, 4.69) is 0 Å². The van der Waals surface area contributed by atoms with Crippen LogP contribution < -0.4 is 0 Å². The average Bonchev–Trinajstić information content (AvgIpc) is 2.26. The van der Waals surface area contributed by atoms with Crippen LogP contribution in [0.15, 0.2) is 43.6 Å². The predicted octanol–water partition coefficient (Wildman–Crippen LogP) is 3.87. The molecule has 0 saturated carbocycles. The molecular formula is C11H8I2O2. The van der Waals surface area contributed by atoms with Crippen molar-refractivity contribution < 1.29 is 9.90 Å². The van der Waals surface area contributed by atoms with Gasteiger partial charge in [-0.25, -0.2) is 4.79 Å². The summed E-state index contributed by atoms with van der Waals surface area (Å²) in [6.07, 6.45) is 3.69. The Morgan fingerprint density at radius 3 is 2.33 bits per heavy atom. The molecule has 0 saturated heterocycles. The van der Waals surface area contributed by atoms with E-state index in [0.717, 1.165) is 9.14 Å². The molecule has 0 unspecified atom stereocenters. The fourth-order valence-electron chi connectivity index (χ4n) is 0.909. The van der Waals surface area contributed by atoms with Crippen LogP contribution in [-0.2, 0) is 4.79 Å². The van der Waals surface area contributed by atoms with Gasteiger partial charge in [-0.1, -0.05) is 36.4 Å². The van der Waals surface area contributed by atoms with Crippen molar-refractivity contribution in [3.05, 3.63) is 49.1 Å². The van der Waals surface area contributed by atoms with Gasteiger partial charge in [0.25, 0.3) is 0 Å². The molecule has 0 radical (unpaired) electrons. The normalized spacial score (nSPS) is 12.7. The molecule has 0 fully saturated rings. The highest BCUT2D eigenvalue weighted by atomic mass is 127. The van der Waals surface area contributed by atoms with Gasteiger partial charge in [-0.15, -0.1) is 0 Å². The van der Waals surface area contributed by atoms with E-state index in [-0.39, 0.29) is 0 Å². The molecule has 0 aliphatic heterocycles. The summed E-state index contributed by atoms with van der Waals surface area (Å²) in [6, 6.07) is 9.76. The summed E-state index contributed by atoms with van der Waals surface area (Å²) in [4.78, 5) is 10.6. The number of hydrogen-bond donors (Lipinski definition) is 1. The molecule has 1 rings (SSSR count). The van der Waals surface area contributed by atoms with Gasteiger partial charge < -0.3 is 5.11 Å². The Hall–Kier alpha value is -0.370. The Morgan fingerprint density at radius 2 is 1.80 bits per heavy atom. The van der Waals surface area contributed by atoms with E-state index in [1.807, 2.05) is 81.6 Å². The van der Waals surface area contributed by atoms with Crippen LogP contribution in [0.25, 0.3) is 6.08 Å². The van der Waals surface area contributed by atoms with Gasteiger partial charge in [-0.05, 0) is 56.8 Å². The molecule has 1 N–H and O–H groups in total. The van der Waals surface area contributed by atoms with Gasteiger partial charge in [0.2, 0.25) is 0 Å². The number of carbonyl (C=O) groups is 1. The molecule has 0 amide bonds. The van der Waals surface area contributed by atoms with Crippen LogP contribution in [0.5, 0.6) is 0 Å². The molecule has 15 heavy (non-hydrogen) atoms. The van der Waals surface area contributed by atoms with Crippen molar-refractivity contribution in [2.75, 3.05) is 0 Å². The minimum Gasteiger partial charge on any atom is -0.477 e. The van der Waals surface area contributed by atoms with Gasteiger partial charge in [0.15, 0.2) is 0 Å². The minimum atomic E-state index is -0.891. The predicted molar refractivity (Wildman–Crippen MR) is 78.2 cm³/mol. The van der Waals surface area contributed by atoms with Gasteiger partial charge in [-0.2, -0.15) is 0 Å². The molecule has 4 heteroatoms. The summed E-state index contributed by atoms with van der Waals surface area (Å²) in [5, 5.41) is 8.75. The molecule has 78 valence electrons. The van der Waals surface area contributed by atoms with Crippen LogP contribution in [0.3, 0.4) is 0 Å². The second-order valence-electron chi connectivity index (χ2n) is 2.71. The number of carboxylic acids is 1. The van der Waals surface area contributed by atoms with E-state index in [0.29, 0.717) is 3.58 Å². The Morgan fingerprint density at radius 1 is 1.20 bits per heavy atom. The maximum absolute atomic E-state index is 10.6. The number of aliphatic carboxylic acids is 1. The zero-order valence-corrected chi connectivity index (χ0v) is 12.0. The van der Waals surface area contributed by atoms with Gasteiger partial charge in [-0.3, -0.25) is 0 Å². The number of halogens is 2. The number of allylic oxidation sites excluding steroid dienone is 2. The van der Waals surface area contributed by atoms with Crippen LogP contribution in [0.1, 0.15) is 5.56 Å². The van der Waals surface area contributed by atoms with E-state index >= 15 is 0 Å². The van der Waals surface area contributed by atoms with E-state index in [9.17, 15) is 4.79 Å². The Kier molecular flexibility index (Phi) is 5.30. The standard InChI is InChI=1S/C11H8I2O2/c12-9(10(13)11(14)15)7-6-8-4-2-1-3-5-8/h1-7H,(H,14,15). The summed E-state index contributed by atoms with van der Waals surface area (Å²) in [6.45, 7) is 0. The van der Waals surface area contributed by atoms with Crippen molar-refractivity contribution in [1.29, 1.82) is 0 Å². The second-order valence-corrected chi connectivity index (χ2v) is 4.95. The molecule has 0 spiro atoms. The number of benzene rings is 1. The van der Waals surface area contributed by atoms with Gasteiger partial charge in [0, 0.05) is 3.58 Å². The number of carboxylic acid groups (broad SMARTS) is 1. The van der Waals surface area contributed by atoms with Crippen LogP contribution in [0, 0.1) is 0 Å². The van der Waals surface area contributed by atoms with Crippen LogP contribution in [0.2, 0.25) is 0 Å². The molecule has 0 bridgehead atoms. The second kappa shape index (κ2) is 6.26. The average molecular weight is 426 g/mol. The highest BCUT2D eigenvalue weighted by Gasteiger charge is 2.05. The first-order valence-corrected chi connectivity index (χ1v) is 6.28. The maximum Gasteiger partial charge on any atom is 0.343 e. The molecule has 1 aromatic rings.